The highest BCUT2D eigenvalue weighted by atomic mass is 79.9. The lowest BCUT2D eigenvalue weighted by Gasteiger charge is -2.21. The highest BCUT2D eigenvalue weighted by Crippen LogP contribution is 2.45. The van der Waals surface area contributed by atoms with Crippen LogP contribution in [0.2, 0.25) is 0 Å². The number of benzene rings is 2. The van der Waals surface area contributed by atoms with Crippen LogP contribution < -0.4 is 0 Å². The number of thiol groups is 1. The molecule has 0 saturated heterocycles. The average molecular weight is 584 g/mol. The van der Waals surface area contributed by atoms with Gasteiger partial charge in [0.1, 0.15) is 5.75 Å². The number of rotatable bonds is 8. The van der Waals surface area contributed by atoms with Gasteiger partial charge in [0, 0.05) is 23.5 Å². The van der Waals surface area contributed by atoms with E-state index in [1.165, 1.54) is 5.56 Å². The maximum Gasteiger partial charge on any atom is 0.340 e. The molecule has 0 radical (unpaired) electrons. The zero-order chi connectivity index (χ0) is 25.3. The van der Waals surface area contributed by atoms with Crippen LogP contribution in [0.5, 0.6) is 5.75 Å². The minimum absolute atomic E-state index is 0. The smallest absolute Gasteiger partial charge is 0.340 e. The molecule has 0 fully saturated rings. The third-order valence-corrected chi connectivity index (χ3v) is 7.15. The van der Waals surface area contributed by atoms with Crippen molar-refractivity contribution in [1.29, 1.82) is 0 Å². The zero-order valence-corrected chi connectivity index (χ0v) is 24.7. The minimum atomic E-state index is -0.401. The highest BCUT2D eigenvalue weighted by Gasteiger charge is 2.32. The number of fused-ring (bicyclic) bond motifs is 1. The van der Waals surface area contributed by atoms with Crippen molar-refractivity contribution in [3.8, 4) is 5.75 Å². The third kappa shape index (κ3) is 5.85. The number of carbonyl (C=O) groups excluding carboxylic acids is 1. The van der Waals surface area contributed by atoms with Gasteiger partial charge in [-0.05, 0) is 73.9 Å². The molecule has 192 valence electrons. The molecule has 8 heteroatoms. The topological polar surface area (TPSA) is 54.7 Å². The van der Waals surface area contributed by atoms with Gasteiger partial charge in [0.15, 0.2) is 0 Å². The Kier molecular flexibility index (Phi) is 10.2. The van der Waals surface area contributed by atoms with Crippen LogP contribution in [-0.4, -0.2) is 41.2 Å². The van der Waals surface area contributed by atoms with Gasteiger partial charge in [-0.25, -0.2) is 4.79 Å². The van der Waals surface area contributed by atoms with Crippen LogP contribution in [0.1, 0.15) is 84.6 Å². The molecule has 0 amide bonds. The standard InChI is InChI=1S/C27H35BrN2O3S.ClH/c1-8-33-27(32)23-22-19(14-29(6)7)25(31)20(28)13-21(22)30(16(4)5)24(23)26(34)18-11-9-17(10-12-18)15(2)3;/h9-13,15-16,26,31,34H,8,14H2,1-7H3;1H. The van der Waals surface area contributed by atoms with Crippen molar-refractivity contribution in [1.82, 2.24) is 9.47 Å². The lowest BCUT2D eigenvalue weighted by Crippen LogP contribution is -2.14. The van der Waals surface area contributed by atoms with Gasteiger partial charge >= 0.3 is 5.97 Å². The van der Waals surface area contributed by atoms with E-state index < -0.39 is 5.97 Å². The number of phenolic OH excluding ortho intramolecular Hbond substituents is 1. The van der Waals surface area contributed by atoms with Gasteiger partial charge in [-0.1, -0.05) is 38.1 Å². The van der Waals surface area contributed by atoms with Crippen molar-refractivity contribution in [3.63, 3.8) is 0 Å². The third-order valence-electron chi connectivity index (χ3n) is 6.01. The van der Waals surface area contributed by atoms with Crippen molar-refractivity contribution < 1.29 is 14.6 Å². The zero-order valence-electron chi connectivity index (χ0n) is 21.4. The summed E-state index contributed by atoms with van der Waals surface area (Å²) in [7, 11) is 3.88. The molecule has 1 N–H and O–H groups in total. The number of nitrogens with zero attached hydrogens (tertiary/aromatic N) is 2. The number of carbonyl (C=O) groups is 1. The van der Waals surface area contributed by atoms with Crippen molar-refractivity contribution in [2.45, 2.75) is 58.4 Å². The Morgan fingerprint density at radius 3 is 2.20 bits per heavy atom. The first-order valence-corrected chi connectivity index (χ1v) is 13.0. The molecule has 35 heavy (non-hydrogen) atoms. The van der Waals surface area contributed by atoms with E-state index in [4.69, 9.17) is 17.4 Å². The molecule has 5 nitrogen and oxygen atoms in total. The Bertz CT molecular complexity index is 1190. The lowest BCUT2D eigenvalue weighted by molar-refractivity contribution is 0.0527. The lowest BCUT2D eigenvalue weighted by atomic mass is 9.97. The van der Waals surface area contributed by atoms with Gasteiger partial charge in [-0.2, -0.15) is 12.6 Å². The molecule has 0 aliphatic heterocycles. The van der Waals surface area contributed by atoms with Crippen molar-refractivity contribution in [2.75, 3.05) is 20.7 Å². The first-order chi connectivity index (χ1) is 16.0. The molecule has 1 heterocycles. The fourth-order valence-electron chi connectivity index (χ4n) is 4.45. The van der Waals surface area contributed by atoms with Gasteiger partial charge in [0.2, 0.25) is 0 Å². The summed E-state index contributed by atoms with van der Waals surface area (Å²) in [5.74, 6) is 0.163. The molecule has 0 saturated carbocycles. The van der Waals surface area contributed by atoms with Crippen LogP contribution in [0.3, 0.4) is 0 Å². The van der Waals surface area contributed by atoms with Gasteiger partial charge in [-0.3, -0.25) is 0 Å². The number of halogens is 2. The largest absolute Gasteiger partial charge is 0.506 e. The second-order valence-electron chi connectivity index (χ2n) is 9.49. The molecule has 1 unspecified atom stereocenters. The van der Waals surface area contributed by atoms with Crippen molar-refractivity contribution >= 4 is 57.8 Å². The molecular weight excluding hydrogens is 548 g/mol. The second-order valence-corrected chi connectivity index (χ2v) is 10.9. The Labute approximate surface area is 228 Å². The van der Waals surface area contributed by atoms with E-state index >= 15 is 0 Å². The maximum atomic E-state index is 13.5. The predicted octanol–water partition coefficient (Wildman–Crippen LogP) is 7.49. The summed E-state index contributed by atoms with van der Waals surface area (Å²) in [6, 6.07) is 10.3. The predicted molar refractivity (Wildman–Crippen MR) is 154 cm³/mol. The van der Waals surface area contributed by atoms with Crippen molar-refractivity contribution in [3.05, 3.63) is 62.8 Å². The number of aromatic hydroxyl groups is 1. The fraction of sp³-hybridized carbons (Fsp3) is 0.444. The molecule has 0 aliphatic carbocycles. The van der Waals surface area contributed by atoms with E-state index in [2.05, 4.69) is 72.5 Å². The Morgan fingerprint density at radius 1 is 1.14 bits per heavy atom. The minimum Gasteiger partial charge on any atom is -0.506 e. The summed E-state index contributed by atoms with van der Waals surface area (Å²) in [4.78, 5) is 15.4. The van der Waals surface area contributed by atoms with Gasteiger partial charge in [0.25, 0.3) is 0 Å². The highest BCUT2D eigenvalue weighted by molar-refractivity contribution is 9.10. The van der Waals surface area contributed by atoms with Crippen LogP contribution in [0.25, 0.3) is 10.9 Å². The molecule has 2 aromatic carbocycles. The van der Waals surface area contributed by atoms with Crippen molar-refractivity contribution in [2.24, 2.45) is 0 Å². The molecule has 0 aliphatic rings. The van der Waals surface area contributed by atoms with Crippen LogP contribution in [0, 0.1) is 0 Å². The summed E-state index contributed by atoms with van der Waals surface area (Å²) < 4.78 is 8.29. The molecular formula is C27H36BrClN2O3S. The van der Waals surface area contributed by atoms with E-state index in [1.54, 1.807) is 6.92 Å². The van der Waals surface area contributed by atoms with E-state index in [-0.39, 0.29) is 36.1 Å². The number of hydrogen-bond donors (Lipinski definition) is 2. The van der Waals surface area contributed by atoms with E-state index in [9.17, 15) is 9.90 Å². The Hall–Kier alpha value is -1.67. The molecule has 3 rings (SSSR count). The summed E-state index contributed by atoms with van der Waals surface area (Å²) in [5, 5.41) is 11.4. The molecule has 0 spiro atoms. The quantitative estimate of drug-likeness (QED) is 0.213. The SMILES string of the molecule is CCOC(=O)c1c(C(S)c2ccc(C(C)C)cc2)n(C(C)C)c2cc(Br)c(O)c(CN(C)C)c12.Cl. The molecule has 0 bridgehead atoms. The molecule has 3 aromatic rings. The first-order valence-electron chi connectivity index (χ1n) is 11.7. The summed E-state index contributed by atoms with van der Waals surface area (Å²) in [5.41, 5.74) is 5.06. The monoisotopic (exact) mass is 582 g/mol. The summed E-state index contributed by atoms with van der Waals surface area (Å²) in [6.45, 7) is 11.0. The van der Waals surface area contributed by atoms with Gasteiger partial charge in [0.05, 0.1) is 33.1 Å². The number of ether oxygens (including phenoxy) is 1. The number of phenols is 1. The molecule has 1 atom stereocenters. The van der Waals surface area contributed by atoms with E-state index in [0.717, 1.165) is 22.2 Å². The summed E-state index contributed by atoms with van der Waals surface area (Å²) in [6.07, 6.45) is 0. The van der Waals surface area contributed by atoms with Crippen LogP contribution in [-0.2, 0) is 11.3 Å². The Morgan fingerprint density at radius 2 is 1.71 bits per heavy atom. The van der Waals surface area contributed by atoms with Crippen LogP contribution >= 0.6 is 41.0 Å². The second kappa shape index (κ2) is 12.0. The Balaban J connectivity index is 0.00000432. The maximum absolute atomic E-state index is 13.5. The average Bonchev–Trinajstić information content (AvgIpc) is 3.11. The number of esters is 1. The normalized spacial score (nSPS) is 12.5. The number of hydrogen-bond acceptors (Lipinski definition) is 5. The van der Waals surface area contributed by atoms with Crippen LogP contribution in [0.4, 0.5) is 0 Å². The number of aromatic nitrogens is 1. The van der Waals surface area contributed by atoms with E-state index in [1.807, 2.05) is 25.1 Å². The first kappa shape index (κ1) is 29.6. The fourth-order valence-corrected chi connectivity index (χ4v) is 5.33. The van der Waals surface area contributed by atoms with E-state index in [0.29, 0.717) is 28.1 Å². The van der Waals surface area contributed by atoms with Crippen LogP contribution in [0.15, 0.2) is 34.8 Å². The summed E-state index contributed by atoms with van der Waals surface area (Å²) >= 11 is 8.57. The molecule has 1 aromatic heterocycles. The van der Waals surface area contributed by atoms with Gasteiger partial charge < -0.3 is 19.3 Å². The van der Waals surface area contributed by atoms with Gasteiger partial charge in [-0.15, -0.1) is 12.4 Å².